The summed E-state index contributed by atoms with van der Waals surface area (Å²) in [4.78, 5) is 15.5. The molecular formula is C17H18N2O2. The normalized spacial score (nSPS) is 19.4. The summed E-state index contributed by atoms with van der Waals surface area (Å²) >= 11 is 0. The Morgan fingerprint density at radius 3 is 2.76 bits per heavy atom. The molecule has 2 aliphatic carbocycles. The second kappa shape index (κ2) is 4.45. The van der Waals surface area contributed by atoms with E-state index >= 15 is 0 Å². The summed E-state index contributed by atoms with van der Waals surface area (Å²) in [6.45, 7) is 0.914. The highest BCUT2D eigenvalue weighted by molar-refractivity contribution is 5.97. The van der Waals surface area contributed by atoms with Crippen LogP contribution < -0.4 is 5.32 Å². The van der Waals surface area contributed by atoms with Gasteiger partial charge in [-0.05, 0) is 48.5 Å². The number of pyridine rings is 1. The molecule has 108 valence electrons. The summed E-state index contributed by atoms with van der Waals surface area (Å²) in [7, 11) is 0. The smallest absolute Gasteiger partial charge is 0.354 e. The molecule has 0 amide bonds. The van der Waals surface area contributed by atoms with Gasteiger partial charge in [-0.2, -0.15) is 0 Å². The standard InChI is InChI=1S/C17H18N2O2/c20-16(21)14-9-11-3-1-2-4-13(11)15(19-14)18-10-17(7-8-17)12-5-6-12/h1-4,9,12H,5-8,10H2,(H,18,19)(H,20,21). The van der Waals surface area contributed by atoms with E-state index in [-0.39, 0.29) is 5.69 Å². The van der Waals surface area contributed by atoms with Crippen LogP contribution in [0.2, 0.25) is 0 Å². The number of carboxylic acids is 1. The molecule has 1 heterocycles. The molecule has 0 saturated heterocycles. The third-order valence-electron chi connectivity index (χ3n) is 4.90. The Balaban J connectivity index is 1.67. The molecule has 4 rings (SSSR count). The first-order valence-electron chi connectivity index (χ1n) is 7.55. The van der Waals surface area contributed by atoms with Crippen LogP contribution in [-0.2, 0) is 0 Å². The average molecular weight is 282 g/mol. The van der Waals surface area contributed by atoms with E-state index in [0.717, 1.165) is 23.2 Å². The van der Waals surface area contributed by atoms with Crippen LogP contribution in [0.4, 0.5) is 5.82 Å². The number of aromatic carboxylic acids is 1. The van der Waals surface area contributed by atoms with Gasteiger partial charge in [-0.1, -0.05) is 24.3 Å². The number of anilines is 1. The number of nitrogens with zero attached hydrogens (tertiary/aromatic N) is 1. The van der Waals surface area contributed by atoms with Crippen LogP contribution in [0.25, 0.3) is 10.8 Å². The number of carboxylic acid groups (broad SMARTS) is 1. The molecule has 2 N–H and O–H groups in total. The van der Waals surface area contributed by atoms with Gasteiger partial charge in [0.15, 0.2) is 5.69 Å². The highest BCUT2D eigenvalue weighted by atomic mass is 16.4. The maximum atomic E-state index is 11.2. The van der Waals surface area contributed by atoms with Gasteiger partial charge >= 0.3 is 5.97 Å². The zero-order valence-corrected chi connectivity index (χ0v) is 11.8. The molecule has 0 atom stereocenters. The Hall–Kier alpha value is -2.10. The van der Waals surface area contributed by atoms with Crippen LogP contribution in [0.3, 0.4) is 0 Å². The number of fused-ring (bicyclic) bond motifs is 1. The van der Waals surface area contributed by atoms with Crippen LogP contribution in [0.15, 0.2) is 30.3 Å². The van der Waals surface area contributed by atoms with E-state index < -0.39 is 5.97 Å². The number of aromatic nitrogens is 1. The van der Waals surface area contributed by atoms with Crippen molar-refractivity contribution < 1.29 is 9.90 Å². The van der Waals surface area contributed by atoms with Crippen LogP contribution in [0, 0.1) is 11.3 Å². The van der Waals surface area contributed by atoms with Gasteiger partial charge < -0.3 is 10.4 Å². The van der Waals surface area contributed by atoms with E-state index in [1.54, 1.807) is 6.07 Å². The maximum Gasteiger partial charge on any atom is 0.354 e. The average Bonchev–Trinajstić information content (AvgIpc) is 3.37. The molecule has 4 heteroatoms. The fourth-order valence-electron chi connectivity index (χ4n) is 3.29. The van der Waals surface area contributed by atoms with Gasteiger partial charge in [-0.25, -0.2) is 9.78 Å². The Morgan fingerprint density at radius 2 is 2.10 bits per heavy atom. The van der Waals surface area contributed by atoms with E-state index in [9.17, 15) is 9.90 Å². The zero-order chi connectivity index (χ0) is 14.4. The van der Waals surface area contributed by atoms with Crippen LogP contribution in [-0.4, -0.2) is 22.6 Å². The van der Waals surface area contributed by atoms with Crippen molar-refractivity contribution in [2.24, 2.45) is 11.3 Å². The zero-order valence-electron chi connectivity index (χ0n) is 11.8. The summed E-state index contributed by atoms with van der Waals surface area (Å²) in [6, 6.07) is 9.44. The second-order valence-corrected chi connectivity index (χ2v) is 6.37. The maximum absolute atomic E-state index is 11.2. The van der Waals surface area contributed by atoms with E-state index in [2.05, 4.69) is 10.3 Å². The molecule has 4 nitrogen and oxygen atoms in total. The van der Waals surface area contributed by atoms with E-state index in [1.165, 1.54) is 25.7 Å². The van der Waals surface area contributed by atoms with Gasteiger partial charge in [0.1, 0.15) is 5.82 Å². The van der Waals surface area contributed by atoms with Crippen molar-refractivity contribution in [3.8, 4) is 0 Å². The minimum absolute atomic E-state index is 0.104. The molecule has 0 bridgehead atoms. The van der Waals surface area contributed by atoms with Gasteiger partial charge in [0.2, 0.25) is 0 Å². The van der Waals surface area contributed by atoms with Crippen LogP contribution in [0.1, 0.15) is 36.2 Å². The van der Waals surface area contributed by atoms with E-state index in [0.29, 0.717) is 11.2 Å². The fraction of sp³-hybridized carbons (Fsp3) is 0.412. The molecule has 2 aliphatic rings. The van der Waals surface area contributed by atoms with Crippen molar-refractivity contribution in [3.63, 3.8) is 0 Å². The summed E-state index contributed by atoms with van der Waals surface area (Å²) in [5.41, 5.74) is 0.564. The molecule has 2 aromatic rings. The van der Waals surface area contributed by atoms with Gasteiger partial charge in [0.05, 0.1) is 0 Å². The topological polar surface area (TPSA) is 62.2 Å². The van der Waals surface area contributed by atoms with Crippen molar-refractivity contribution in [1.29, 1.82) is 0 Å². The number of rotatable bonds is 5. The Kier molecular flexibility index (Phi) is 2.67. The minimum Gasteiger partial charge on any atom is -0.477 e. The van der Waals surface area contributed by atoms with Gasteiger partial charge in [0, 0.05) is 11.9 Å². The predicted octanol–water partition coefficient (Wildman–Crippen LogP) is 3.54. The van der Waals surface area contributed by atoms with Crippen molar-refractivity contribution >= 4 is 22.6 Å². The highest BCUT2D eigenvalue weighted by Crippen LogP contribution is 2.61. The molecule has 0 radical (unpaired) electrons. The molecule has 2 fully saturated rings. The quantitative estimate of drug-likeness (QED) is 0.880. The molecule has 1 aromatic carbocycles. The van der Waals surface area contributed by atoms with E-state index in [4.69, 9.17) is 0 Å². The number of carbonyl (C=O) groups is 1. The van der Waals surface area contributed by atoms with E-state index in [1.807, 2.05) is 24.3 Å². The lowest BCUT2D eigenvalue weighted by Gasteiger charge is -2.17. The molecule has 1 aromatic heterocycles. The number of hydrogen-bond acceptors (Lipinski definition) is 3. The second-order valence-electron chi connectivity index (χ2n) is 6.37. The van der Waals surface area contributed by atoms with Crippen LogP contribution in [0.5, 0.6) is 0 Å². The molecule has 0 spiro atoms. The third-order valence-corrected chi connectivity index (χ3v) is 4.90. The fourth-order valence-corrected chi connectivity index (χ4v) is 3.29. The summed E-state index contributed by atoms with van der Waals surface area (Å²) in [5, 5.41) is 14.6. The molecule has 0 aliphatic heterocycles. The van der Waals surface area contributed by atoms with Crippen molar-refractivity contribution in [2.45, 2.75) is 25.7 Å². The predicted molar refractivity (Wildman–Crippen MR) is 81.6 cm³/mol. The monoisotopic (exact) mass is 282 g/mol. The molecular weight excluding hydrogens is 264 g/mol. The van der Waals surface area contributed by atoms with Crippen molar-refractivity contribution in [1.82, 2.24) is 4.98 Å². The Labute approximate surface area is 123 Å². The lowest BCUT2D eigenvalue weighted by Crippen LogP contribution is -2.18. The summed E-state index contributed by atoms with van der Waals surface area (Å²) in [5.74, 6) is 0.600. The Bertz CT molecular complexity index is 718. The molecule has 0 unspecified atom stereocenters. The summed E-state index contributed by atoms with van der Waals surface area (Å²) < 4.78 is 0. The first-order valence-corrected chi connectivity index (χ1v) is 7.55. The number of nitrogens with one attached hydrogen (secondary N) is 1. The Morgan fingerprint density at radius 1 is 1.33 bits per heavy atom. The largest absolute Gasteiger partial charge is 0.477 e. The molecule has 21 heavy (non-hydrogen) atoms. The lowest BCUT2D eigenvalue weighted by atomic mass is 10.0. The SMILES string of the molecule is O=C(O)c1cc2ccccc2c(NCC2(C3CC3)CC2)n1. The summed E-state index contributed by atoms with van der Waals surface area (Å²) in [6.07, 6.45) is 5.29. The van der Waals surface area contributed by atoms with Gasteiger partial charge in [0.25, 0.3) is 0 Å². The first-order chi connectivity index (χ1) is 10.2. The van der Waals surface area contributed by atoms with Gasteiger partial charge in [-0.3, -0.25) is 0 Å². The first kappa shape index (κ1) is 12.6. The lowest BCUT2D eigenvalue weighted by molar-refractivity contribution is 0.0691. The molecule has 2 saturated carbocycles. The third kappa shape index (κ3) is 2.24. The minimum atomic E-state index is -0.980. The number of hydrogen-bond donors (Lipinski definition) is 2. The van der Waals surface area contributed by atoms with Crippen molar-refractivity contribution in [2.75, 3.05) is 11.9 Å². The van der Waals surface area contributed by atoms with Crippen molar-refractivity contribution in [3.05, 3.63) is 36.0 Å². The highest BCUT2D eigenvalue weighted by Gasteiger charge is 2.53. The van der Waals surface area contributed by atoms with Crippen LogP contribution >= 0.6 is 0 Å². The number of benzene rings is 1. The van der Waals surface area contributed by atoms with Gasteiger partial charge in [-0.15, -0.1) is 0 Å².